The number of carbonyl (C=O) groups is 2. The van der Waals surface area contributed by atoms with Gasteiger partial charge in [0.1, 0.15) is 0 Å². The van der Waals surface area contributed by atoms with Crippen molar-refractivity contribution in [3.63, 3.8) is 0 Å². The molecule has 0 rings (SSSR count). The number of hydrogen-bond acceptors (Lipinski definition) is 5. The molecular weight excluding hydrogens is 1050 g/mol. The van der Waals surface area contributed by atoms with Crippen LogP contribution in [-0.2, 0) is 14.3 Å². The Morgan fingerprint density at radius 3 is 0.895 bits per heavy atom. The molecule has 508 valence electrons. The summed E-state index contributed by atoms with van der Waals surface area (Å²) in [5, 5.41) is 23.3. The van der Waals surface area contributed by atoms with Gasteiger partial charge in [-0.2, -0.15) is 0 Å². The summed E-state index contributed by atoms with van der Waals surface area (Å²) in [5.41, 5.74) is 0. The van der Waals surface area contributed by atoms with E-state index in [0.717, 1.165) is 51.4 Å². The summed E-state index contributed by atoms with van der Waals surface area (Å²) >= 11 is 0. The second-order valence-electron chi connectivity index (χ2n) is 27.0. The number of nitrogens with one attached hydrogen (secondary N) is 1. The van der Waals surface area contributed by atoms with Crippen molar-refractivity contribution in [3.05, 3.63) is 36.5 Å². The Morgan fingerprint density at radius 2 is 0.581 bits per heavy atom. The molecular formula is C80H153NO5. The molecule has 2 unspecified atom stereocenters. The summed E-state index contributed by atoms with van der Waals surface area (Å²) in [6.07, 6.45) is 98.3. The zero-order valence-corrected chi connectivity index (χ0v) is 58.3. The van der Waals surface area contributed by atoms with Crippen molar-refractivity contribution in [3.8, 4) is 0 Å². The van der Waals surface area contributed by atoms with E-state index in [2.05, 4.69) is 43.5 Å². The van der Waals surface area contributed by atoms with Gasteiger partial charge in [0.25, 0.3) is 0 Å². The molecule has 0 radical (unpaired) electrons. The first kappa shape index (κ1) is 84.1. The molecule has 0 aliphatic rings. The van der Waals surface area contributed by atoms with Gasteiger partial charge in [-0.3, -0.25) is 9.59 Å². The van der Waals surface area contributed by atoms with Gasteiger partial charge in [-0.25, -0.2) is 0 Å². The Labute approximate surface area is 538 Å². The van der Waals surface area contributed by atoms with Crippen LogP contribution in [-0.4, -0.2) is 47.4 Å². The zero-order valence-electron chi connectivity index (χ0n) is 58.3. The molecule has 0 saturated carbocycles. The number of esters is 1. The van der Waals surface area contributed by atoms with Gasteiger partial charge in [-0.15, -0.1) is 0 Å². The summed E-state index contributed by atoms with van der Waals surface area (Å²) < 4.78 is 5.50. The summed E-state index contributed by atoms with van der Waals surface area (Å²) in [4.78, 5) is 24.6. The molecule has 0 aliphatic heterocycles. The third-order valence-corrected chi connectivity index (χ3v) is 18.4. The van der Waals surface area contributed by atoms with Gasteiger partial charge in [0.05, 0.1) is 25.4 Å². The molecule has 0 aromatic carbocycles. The smallest absolute Gasteiger partial charge is 0.305 e. The maximum absolute atomic E-state index is 12.5. The van der Waals surface area contributed by atoms with Crippen LogP contribution in [0.25, 0.3) is 0 Å². The van der Waals surface area contributed by atoms with Gasteiger partial charge in [0, 0.05) is 12.8 Å². The van der Waals surface area contributed by atoms with Gasteiger partial charge in [0.15, 0.2) is 0 Å². The van der Waals surface area contributed by atoms with Crippen molar-refractivity contribution in [2.24, 2.45) is 0 Å². The van der Waals surface area contributed by atoms with E-state index in [9.17, 15) is 19.8 Å². The molecule has 2 atom stereocenters. The highest BCUT2D eigenvalue weighted by Gasteiger charge is 2.18. The Kier molecular flexibility index (Phi) is 73.9. The first-order valence-corrected chi connectivity index (χ1v) is 39.3. The van der Waals surface area contributed by atoms with Crippen LogP contribution in [0.1, 0.15) is 438 Å². The van der Waals surface area contributed by atoms with E-state index >= 15 is 0 Å². The monoisotopic (exact) mass is 1210 g/mol. The van der Waals surface area contributed by atoms with Crippen molar-refractivity contribution < 1.29 is 24.5 Å². The van der Waals surface area contributed by atoms with Crippen LogP contribution in [0.2, 0.25) is 0 Å². The lowest BCUT2D eigenvalue weighted by atomic mass is 10.0. The standard InChI is InChI=1S/C80H153NO5/c1-3-5-7-9-11-13-15-17-19-21-22-35-38-41-44-48-52-56-60-64-68-72-78(83)77(76-82)81-79(84)73-69-65-61-57-53-49-45-42-39-36-33-31-29-27-25-23-24-26-28-30-32-34-37-40-43-47-51-55-59-63-67-71-75-86-80(85)74-70-66-62-58-54-50-46-20-18-16-14-12-10-8-6-4-2/h14,16,20,46,68,72,77-78,82-83H,3-13,15,17-19,21-45,47-67,69-71,73-76H2,1-2H3,(H,81,84)/b16-14-,46-20-,72-68+. The average molecular weight is 1210 g/mol. The van der Waals surface area contributed by atoms with E-state index in [1.165, 1.54) is 360 Å². The van der Waals surface area contributed by atoms with Crippen molar-refractivity contribution in [1.29, 1.82) is 0 Å². The third-order valence-electron chi connectivity index (χ3n) is 18.4. The highest BCUT2D eigenvalue weighted by atomic mass is 16.5. The predicted molar refractivity (Wildman–Crippen MR) is 379 cm³/mol. The van der Waals surface area contributed by atoms with Crippen LogP contribution in [0.15, 0.2) is 36.5 Å². The number of allylic oxidation sites excluding steroid dienone is 5. The molecule has 86 heavy (non-hydrogen) atoms. The molecule has 0 aromatic rings. The van der Waals surface area contributed by atoms with Gasteiger partial charge < -0.3 is 20.3 Å². The van der Waals surface area contributed by atoms with Crippen LogP contribution < -0.4 is 5.32 Å². The normalized spacial score (nSPS) is 12.7. The summed E-state index contributed by atoms with van der Waals surface area (Å²) in [5.74, 6) is -0.0510. The Hall–Kier alpha value is -1.92. The van der Waals surface area contributed by atoms with Crippen LogP contribution in [0.5, 0.6) is 0 Å². The second-order valence-corrected chi connectivity index (χ2v) is 27.0. The number of amides is 1. The third kappa shape index (κ3) is 71.2. The van der Waals surface area contributed by atoms with Crippen LogP contribution >= 0.6 is 0 Å². The first-order chi connectivity index (χ1) is 42.5. The van der Waals surface area contributed by atoms with Crippen molar-refractivity contribution >= 4 is 11.9 Å². The fourth-order valence-electron chi connectivity index (χ4n) is 12.4. The number of unbranched alkanes of at least 4 members (excludes halogenated alkanes) is 59. The Bertz CT molecular complexity index is 1390. The summed E-state index contributed by atoms with van der Waals surface area (Å²) in [6, 6.07) is -0.626. The molecule has 6 heteroatoms. The van der Waals surface area contributed by atoms with Crippen molar-refractivity contribution in [2.75, 3.05) is 13.2 Å². The van der Waals surface area contributed by atoms with Gasteiger partial charge >= 0.3 is 5.97 Å². The lowest BCUT2D eigenvalue weighted by molar-refractivity contribution is -0.143. The molecule has 0 aliphatic carbocycles. The van der Waals surface area contributed by atoms with Gasteiger partial charge in [0.2, 0.25) is 5.91 Å². The second kappa shape index (κ2) is 75.5. The minimum Gasteiger partial charge on any atom is -0.466 e. The molecule has 0 saturated heterocycles. The summed E-state index contributed by atoms with van der Waals surface area (Å²) in [7, 11) is 0. The van der Waals surface area contributed by atoms with Crippen LogP contribution in [0.3, 0.4) is 0 Å². The van der Waals surface area contributed by atoms with E-state index in [4.69, 9.17) is 4.74 Å². The molecule has 0 fully saturated rings. The quantitative estimate of drug-likeness (QED) is 0.0320. The minimum atomic E-state index is -0.843. The van der Waals surface area contributed by atoms with E-state index in [1.807, 2.05) is 6.08 Å². The molecule has 3 N–H and O–H groups in total. The van der Waals surface area contributed by atoms with Crippen molar-refractivity contribution in [2.45, 2.75) is 450 Å². The maximum Gasteiger partial charge on any atom is 0.305 e. The molecule has 0 bridgehead atoms. The molecule has 0 spiro atoms. The summed E-state index contributed by atoms with van der Waals surface area (Å²) in [6.45, 7) is 4.93. The van der Waals surface area contributed by atoms with Gasteiger partial charge in [-0.05, 0) is 64.2 Å². The van der Waals surface area contributed by atoms with Crippen LogP contribution in [0, 0.1) is 0 Å². The highest BCUT2D eigenvalue weighted by molar-refractivity contribution is 5.76. The van der Waals surface area contributed by atoms with Crippen LogP contribution in [0.4, 0.5) is 0 Å². The number of aliphatic hydroxyl groups excluding tert-OH is 2. The zero-order chi connectivity index (χ0) is 62.0. The fraction of sp³-hybridized carbons (Fsp3) is 0.900. The maximum atomic E-state index is 12.5. The van der Waals surface area contributed by atoms with Crippen molar-refractivity contribution in [1.82, 2.24) is 5.32 Å². The highest BCUT2D eigenvalue weighted by Crippen LogP contribution is 2.20. The van der Waals surface area contributed by atoms with E-state index in [1.54, 1.807) is 6.08 Å². The Balaban J connectivity index is 3.35. The van der Waals surface area contributed by atoms with E-state index in [0.29, 0.717) is 19.4 Å². The lowest BCUT2D eigenvalue weighted by Crippen LogP contribution is -2.45. The topological polar surface area (TPSA) is 95.9 Å². The number of aliphatic hydroxyl groups is 2. The number of carbonyl (C=O) groups excluding carboxylic acids is 2. The predicted octanol–water partition coefficient (Wildman–Crippen LogP) is 25.8. The fourth-order valence-corrected chi connectivity index (χ4v) is 12.4. The van der Waals surface area contributed by atoms with E-state index < -0.39 is 12.1 Å². The molecule has 0 heterocycles. The lowest BCUT2D eigenvalue weighted by Gasteiger charge is -2.20. The largest absolute Gasteiger partial charge is 0.466 e. The SMILES string of the molecule is CCCCCC/C=C\C/C=C\CCCCCCCC(=O)OCCCCCCCCCCCCCCCCCCCCCCCCCCCCCCCCCCC(=O)NC(CO)C(O)/C=C/CCCCCCCCCCCCCCCCCCCCC. The molecule has 6 nitrogen and oxygen atoms in total. The Morgan fingerprint density at radius 1 is 0.326 bits per heavy atom. The number of rotatable bonds is 74. The van der Waals surface area contributed by atoms with E-state index in [-0.39, 0.29) is 18.5 Å². The number of ether oxygens (including phenoxy) is 1. The first-order valence-electron chi connectivity index (χ1n) is 39.3. The average Bonchev–Trinajstić information content (AvgIpc) is 3.53. The minimum absolute atomic E-state index is 0.00810. The number of hydrogen-bond donors (Lipinski definition) is 3. The van der Waals surface area contributed by atoms with Gasteiger partial charge in [-0.1, -0.05) is 397 Å². The molecule has 1 amide bonds. The molecule has 0 aromatic heterocycles.